The lowest BCUT2D eigenvalue weighted by atomic mass is 10.2. The van der Waals surface area contributed by atoms with Gasteiger partial charge in [-0.25, -0.2) is 0 Å². The Morgan fingerprint density at radius 3 is 1.91 bits per heavy atom. The molecule has 0 bridgehead atoms. The summed E-state index contributed by atoms with van der Waals surface area (Å²) in [5, 5.41) is 2.72. The molecule has 2 nitrogen and oxygen atoms in total. The summed E-state index contributed by atoms with van der Waals surface area (Å²) in [6.07, 6.45) is 0. The first kappa shape index (κ1) is 9.95. The molecular weight excluding hydrogens is 138 g/mol. The van der Waals surface area contributed by atoms with Crippen LogP contribution in [0.5, 0.6) is 0 Å². The van der Waals surface area contributed by atoms with E-state index < -0.39 is 0 Å². The van der Waals surface area contributed by atoms with Gasteiger partial charge in [0.05, 0.1) is 0 Å². The minimum atomic E-state index is -0.108. The Kier molecular flexibility index (Phi) is 3.58. The molecule has 0 fully saturated rings. The van der Waals surface area contributed by atoms with E-state index in [0.29, 0.717) is 5.57 Å². The number of hydrogen-bond donors (Lipinski definition) is 1. The van der Waals surface area contributed by atoms with Gasteiger partial charge >= 0.3 is 0 Å². The van der Waals surface area contributed by atoms with Gasteiger partial charge in [0.2, 0.25) is 5.91 Å². The first-order valence-corrected chi connectivity index (χ1v) is 3.56. The Hall–Kier alpha value is -1.05. The molecule has 62 valence electrons. The van der Waals surface area contributed by atoms with E-state index in [-0.39, 0.29) is 5.91 Å². The first-order valence-electron chi connectivity index (χ1n) is 3.56. The third-order valence-corrected chi connectivity index (χ3v) is 1.44. The largest absolute Gasteiger partial charge is 0.326 e. The monoisotopic (exact) mass is 153 g/mol. The summed E-state index contributed by atoms with van der Waals surface area (Å²) in [5.74, 6) is -0.108. The van der Waals surface area contributed by atoms with Crippen molar-refractivity contribution in [1.82, 2.24) is 5.32 Å². The lowest BCUT2D eigenvalue weighted by Crippen LogP contribution is -2.22. The van der Waals surface area contributed by atoms with Gasteiger partial charge in [-0.3, -0.25) is 4.79 Å². The molecule has 1 N–H and O–H groups in total. The van der Waals surface area contributed by atoms with E-state index in [1.54, 1.807) is 6.92 Å². The van der Waals surface area contributed by atoms with Crippen LogP contribution in [0.25, 0.3) is 0 Å². The van der Waals surface area contributed by atoms with Crippen molar-refractivity contribution in [3.05, 3.63) is 23.4 Å². The van der Waals surface area contributed by atoms with Gasteiger partial charge in [-0.1, -0.05) is 12.2 Å². The van der Waals surface area contributed by atoms with Crippen molar-refractivity contribution in [2.75, 3.05) is 0 Å². The zero-order valence-electron chi connectivity index (χ0n) is 7.62. The molecule has 0 atom stereocenters. The number of rotatable bonds is 2. The second kappa shape index (κ2) is 3.96. The van der Waals surface area contributed by atoms with Gasteiger partial charge < -0.3 is 5.32 Å². The molecule has 0 rings (SSSR count). The summed E-state index contributed by atoms with van der Waals surface area (Å²) in [5.41, 5.74) is 2.54. The first-order chi connectivity index (χ1) is 4.95. The van der Waals surface area contributed by atoms with Crippen LogP contribution in [0.4, 0.5) is 0 Å². The van der Waals surface area contributed by atoms with E-state index in [1.165, 1.54) is 0 Å². The molecule has 0 aromatic rings. The van der Waals surface area contributed by atoms with Gasteiger partial charge in [0.15, 0.2) is 0 Å². The van der Waals surface area contributed by atoms with Gasteiger partial charge in [0.25, 0.3) is 0 Å². The van der Waals surface area contributed by atoms with Crippen molar-refractivity contribution in [2.24, 2.45) is 0 Å². The van der Waals surface area contributed by atoms with Crippen LogP contribution in [0.2, 0.25) is 0 Å². The maximum absolute atomic E-state index is 11.0. The SMILES string of the molecule is C=C(C)C(=O)NC(C)=C(C)C. The summed E-state index contributed by atoms with van der Waals surface area (Å²) in [4.78, 5) is 11.0. The Bertz CT molecular complexity index is 210. The quantitative estimate of drug-likeness (QED) is 0.604. The fraction of sp³-hybridized carbons (Fsp3) is 0.444. The third kappa shape index (κ3) is 3.61. The molecule has 0 saturated carbocycles. The van der Waals surface area contributed by atoms with E-state index in [0.717, 1.165) is 11.3 Å². The Morgan fingerprint density at radius 1 is 1.18 bits per heavy atom. The highest BCUT2D eigenvalue weighted by molar-refractivity contribution is 5.93. The zero-order valence-corrected chi connectivity index (χ0v) is 7.62. The van der Waals surface area contributed by atoms with Gasteiger partial charge in [-0.15, -0.1) is 0 Å². The molecule has 0 saturated heterocycles. The van der Waals surface area contributed by atoms with E-state index in [4.69, 9.17) is 0 Å². The van der Waals surface area contributed by atoms with E-state index in [2.05, 4.69) is 11.9 Å². The predicted octanol–water partition coefficient (Wildman–Crippen LogP) is 1.99. The molecule has 1 amide bonds. The number of carbonyl (C=O) groups excluding carboxylic acids is 1. The smallest absolute Gasteiger partial charge is 0.250 e. The molecule has 0 heterocycles. The average molecular weight is 153 g/mol. The lowest BCUT2D eigenvalue weighted by Gasteiger charge is -2.05. The predicted molar refractivity (Wildman–Crippen MR) is 47.0 cm³/mol. The fourth-order valence-electron chi connectivity index (χ4n) is 0.402. The number of allylic oxidation sites excluding steroid dienone is 2. The molecule has 0 aliphatic heterocycles. The van der Waals surface area contributed by atoms with Crippen molar-refractivity contribution in [3.63, 3.8) is 0 Å². The van der Waals surface area contributed by atoms with Crippen molar-refractivity contribution in [2.45, 2.75) is 27.7 Å². The van der Waals surface area contributed by atoms with Crippen molar-refractivity contribution in [1.29, 1.82) is 0 Å². The molecule has 0 aliphatic rings. The zero-order chi connectivity index (χ0) is 9.02. The topological polar surface area (TPSA) is 29.1 Å². The standard InChI is InChI=1S/C9H15NO/c1-6(2)8(5)10-9(11)7(3)4/h3H2,1-2,4-5H3,(H,10,11). The number of amides is 1. The summed E-state index contributed by atoms with van der Waals surface area (Å²) in [6, 6.07) is 0. The van der Waals surface area contributed by atoms with Crippen LogP contribution in [0.1, 0.15) is 27.7 Å². The average Bonchev–Trinajstić information content (AvgIpc) is 1.87. The summed E-state index contributed by atoms with van der Waals surface area (Å²) < 4.78 is 0. The lowest BCUT2D eigenvalue weighted by molar-refractivity contribution is -0.116. The van der Waals surface area contributed by atoms with Crippen molar-refractivity contribution < 1.29 is 4.79 Å². The van der Waals surface area contributed by atoms with Crippen molar-refractivity contribution >= 4 is 5.91 Å². The number of hydrogen-bond acceptors (Lipinski definition) is 1. The van der Waals surface area contributed by atoms with Crippen LogP contribution >= 0.6 is 0 Å². The number of carbonyl (C=O) groups is 1. The van der Waals surface area contributed by atoms with Gasteiger partial charge in [0.1, 0.15) is 0 Å². The van der Waals surface area contributed by atoms with Gasteiger partial charge in [0, 0.05) is 11.3 Å². The van der Waals surface area contributed by atoms with E-state index in [1.807, 2.05) is 20.8 Å². The summed E-state index contributed by atoms with van der Waals surface area (Å²) in [7, 11) is 0. The highest BCUT2D eigenvalue weighted by Crippen LogP contribution is 1.98. The van der Waals surface area contributed by atoms with Gasteiger partial charge in [-0.05, 0) is 27.7 Å². The summed E-state index contributed by atoms with van der Waals surface area (Å²) in [6.45, 7) is 11.0. The minimum Gasteiger partial charge on any atom is -0.326 e. The molecule has 0 aliphatic carbocycles. The van der Waals surface area contributed by atoms with Crippen LogP contribution in [0.15, 0.2) is 23.4 Å². The van der Waals surface area contributed by atoms with Crippen LogP contribution < -0.4 is 5.32 Å². The van der Waals surface area contributed by atoms with Gasteiger partial charge in [-0.2, -0.15) is 0 Å². The second-order valence-corrected chi connectivity index (χ2v) is 2.86. The Labute approximate surface area is 68.0 Å². The van der Waals surface area contributed by atoms with Crippen molar-refractivity contribution in [3.8, 4) is 0 Å². The molecule has 0 aromatic heterocycles. The highest BCUT2D eigenvalue weighted by atomic mass is 16.1. The van der Waals surface area contributed by atoms with Crippen LogP contribution in [-0.4, -0.2) is 5.91 Å². The van der Waals surface area contributed by atoms with Crippen LogP contribution in [0, 0.1) is 0 Å². The second-order valence-electron chi connectivity index (χ2n) is 2.86. The third-order valence-electron chi connectivity index (χ3n) is 1.44. The Morgan fingerprint density at radius 2 is 1.64 bits per heavy atom. The van der Waals surface area contributed by atoms with Crippen LogP contribution in [0.3, 0.4) is 0 Å². The Balaban J connectivity index is 4.18. The molecule has 11 heavy (non-hydrogen) atoms. The fourth-order valence-corrected chi connectivity index (χ4v) is 0.402. The van der Waals surface area contributed by atoms with Crippen LogP contribution in [-0.2, 0) is 4.79 Å². The molecular formula is C9H15NO. The molecule has 0 spiro atoms. The molecule has 2 heteroatoms. The highest BCUT2D eigenvalue weighted by Gasteiger charge is 2.01. The normalized spacial score (nSPS) is 8.73. The van der Waals surface area contributed by atoms with E-state index >= 15 is 0 Å². The summed E-state index contributed by atoms with van der Waals surface area (Å²) >= 11 is 0. The molecule has 0 radical (unpaired) electrons. The maximum Gasteiger partial charge on any atom is 0.250 e. The van der Waals surface area contributed by atoms with E-state index in [9.17, 15) is 4.79 Å². The molecule has 0 aromatic carbocycles. The minimum absolute atomic E-state index is 0.108. The number of nitrogens with one attached hydrogen (secondary N) is 1. The molecule has 0 unspecified atom stereocenters. The maximum atomic E-state index is 11.0.